The number of hydrogen-bond donors (Lipinski definition) is 1. The zero-order valence-corrected chi connectivity index (χ0v) is 8.63. The van der Waals surface area contributed by atoms with Crippen LogP contribution in [0.3, 0.4) is 0 Å². The summed E-state index contributed by atoms with van der Waals surface area (Å²) in [5.41, 5.74) is 6.96. The second kappa shape index (κ2) is 4.18. The maximum Gasteiger partial charge on any atom is 0.151 e. The highest BCUT2D eigenvalue weighted by atomic mass is 127. The predicted octanol–water partition coefficient (Wildman–Crippen LogP) is 1.52. The maximum absolute atomic E-state index is 5.70. The SMILES string of the molecule is NCc1nc(CI)cnc1Cl. The van der Waals surface area contributed by atoms with Crippen LogP contribution in [0.25, 0.3) is 0 Å². The second-order valence-electron chi connectivity index (χ2n) is 1.94. The number of rotatable bonds is 2. The Balaban J connectivity index is 3.02. The molecule has 11 heavy (non-hydrogen) atoms. The highest BCUT2D eigenvalue weighted by molar-refractivity contribution is 14.1. The first kappa shape index (κ1) is 9.15. The van der Waals surface area contributed by atoms with Crippen LogP contribution in [0.15, 0.2) is 6.20 Å². The summed E-state index contributed by atoms with van der Waals surface area (Å²) < 4.78 is 0.828. The van der Waals surface area contributed by atoms with E-state index in [4.69, 9.17) is 17.3 Å². The van der Waals surface area contributed by atoms with Gasteiger partial charge in [-0.2, -0.15) is 0 Å². The minimum atomic E-state index is 0.344. The van der Waals surface area contributed by atoms with Gasteiger partial charge in [0.2, 0.25) is 0 Å². The van der Waals surface area contributed by atoms with E-state index in [0.29, 0.717) is 17.4 Å². The molecule has 0 aromatic carbocycles. The van der Waals surface area contributed by atoms with E-state index in [9.17, 15) is 0 Å². The Morgan fingerprint density at radius 3 is 2.91 bits per heavy atom. The molecule has 0 saturated carbocycles. The van der Waals surface area contributed by atoms with Gasteiger partial charge in [-0.15, -0.1) is 0 Å². The highest BCUT2D eigenvalue weighted by Gasteiger charge is 2.01. The van der Waals surface area contributed by atoms with Crippen molar-refractivity contribution in [1.29, 1.82) is 0 Å². The van der Waals surface area contributed by atoms with E-state index >= 15 is 0 Å². The summed E-state index contributed by atoms with van der Waals surface area (Å²) in [7, 11) is 0. The van der Waals surface area contributed by atoms with Gasteiger partial charge >= 0.3 is 0 Å². The summed E-state index contributed by atoms with van der Waals surface area (Å²) in [6.45, 7) is 0.344. The molecule has 0 aliphatic rings. The molecular weight excluding hydrogens is 276 g/mol. The van der Waals surface area contributed by atoms with Crippen LogP contribution >= 0.6 is 34.2 Å². The van der Waals surface area contributed by atoms with Crippen LogP contribution in [0.4, 0.5) is 0 Å². The van der Waals surface area contributed by atoms with Gasteiger partial charge in [0.05, 0.1) is 17.6 Å². The molecular formula is C6H7ClIN3. The monoisotopic (exact) mass is 283 g/mol. The maximum atomic E-state index is 5.70. The molecule has 0 bridgehead atoms. The van der Waals surface area contributed by atoms with Gasteiger partial charge in [-0.05, 0) is 0 Å². The smallest absolute Gasteiger partial charge is 0.151 e. The van der Waals surface area contributed by atoms with Crippen LogP contribution in [-0.4, -0.2) is 9.97 Å². The first-order chi connectivity index (χ1) is 5.27. The van der Waals surface area contributed by atoms with E-state index in [2.05, 4.69) is 32.6 Å². The highest BCUT2D eigenvalue weighted by Crippen LogP contribution is 2.10. The largest absolute Gasteiger partial charge is 0.325 e. The molecule has 0 fully saturated rings. The van der Waals surface area contributed by atoms with Crippen LogP contribution in [0.2, 0.25) is 5.15 Å². The molecule has 0 atom stereocenters. The molecule has 0 aliphatic carbocycles. The van der Waals surface area contributed by atoms with E-state index in [1.807, 2.05) is 0 Å². The van der Waals surface area contributed by atoms with Crippen LogP contribution in [-0.2, 0) is 11.0 Å². The fourth-order valence-electron chi connectivity index (χ4n) is 0.648. The lowest BCUT2D eigenvalue weighted by Gasteiger charge is -2.00. The Morgan fingerprint density at radius 1 is 1.64 bits per heavy atom. The topological polar surface area (TPSA) is 51.8 Å². The Bertz CT molecular complexity index is 254. The molecule has 3 nitrogen and oxygen atoms in total. The summed E-state index contributed by atoms with van der Waals surface area (Å²) in [5.74, 6) is 0. The quantitative estimate of drug-likeness (QED) is 0.661. The lowest BCUT2D eigenvalue weighted by atomic mass is 10.4. The van der Waals surface area contributed by atoms with Crippen LogP contribution in [0.1, 0.15) is 11.4 Å². The minimum Gasteiger partial charge on any atom is -0.325 e. The minimum absolute atomic E-state index is 0.344. The van der Waals surface area contributed by atoms with E-state index < -0.39 is 0 Å². The van der Waals surface area contributed by atoms with Crippen molar-refractivity contribution in [2.24, 2.45) is 5.73 Å². The van der Waals surface area contributed by atoms with Crippen molar-refractivity contribution in [1.82, 2.24) is 9.97 Å². The Labute approximate surface area is 83.5 Å². The van der Waals surface area contributed by atoms with E-state index in [-0.39, 0.29) is 0 Å². The molecule has 0 amide bonds. The number of nitrogens with two attached hydrogens (primary N) is 1. The zero-order valence-electron chi connectivity index (χ0n) is 5.72. The molecule has 0 aliphatic heterocycles. The third-order valence-electron chi connectivity index (χ3n) is 1.17. The number of halogens is 2. The average molecular weight is 284 g/mol. The second-order valence-corrected chi connectivity index (χ2v) is 3.06. The van der Waals surface area contributed by atoms with Gasteiger partial charge < -0.3 is 5.73 Å². The molecule has 5 heteroatoms. The Hall–Kier alpha value is 0.0600. The molecule has 0 saturated heterocycles. The summed E-state index contributed by atoms with van der Waals surface area (Å²) >= 11 is 7.91. The van der Waals surface area contributed by atoms with Gasteiger partial charge in [-0.25, -0.2) is 4.98 Å². The van der Waals surface area contributed by atoms with Gasteiger partial charge in [0.15, 0.2) is 5.15 Å². The number of nitrogens with zero attached hydrogens (tertiary/aromatic N) is 2. The molecule has 1 heterocycles. The molecule has 1 aromatic rings. The van der Waals surface area contributed by atoms with E-state index in [1.54, 1.807) is 6.20 Å². The van der Waals surface area contributed by atoms with Crippen molar-refractivity contribution in [2.75, 3.05) is 0 Å². The number of aromatic nitrogens is 2. The van der Waals surface area contributed by atoms with E-state index in [1.165, 1.54) is 0 Å². The summed E-state index contributed by atoms with van der Waals surface area (Å²) in [6, 6.07) is 0. The van der Waals surface area contributed by atoms with Gasteiger partial charge in [0.25, 0.3) is 0 Å². The molecule has 60 valence electrons. The fourth-order valence-corrected chi connectivity index (χ4v) is 1.18. The summed E-state index contributed by atoms with van der Waals surface area (Å²) in [6.07, 6.45) is 1.66. The van der Waals surface area contributed by atoms with Crippen LogP contribution in [0, 0.1) is 0 Å². The van der Waals surface area contributed by atoms with Crippen molar-refractivity contribution in [3.63, 3.8) is 0 Å². The Morgan fingerprint density at radius 2 is 2.36 bits per heavy atom. The lowest BCUT2D eigenvalue weighted by molar-refractivity contribution is 0.938. The molecule has 0 spiro atoms. The predicted molar refractivity (Wildman–Crippen MR) is 52.7 cm³/mol. The van der Waals surface area contributed by atoms with Gasteiger partial charge in [-0.1, -0.05) is 34.2 Å². The molecule has 1 aromatic heterocycles. The van der Waals surface area contributed by atoms with Gasteiger partial charge in [0.1, 0.15) is 0 Å². The number of alkyl halides is 1. The van der Waals surface area contributed by atoms with Gasteiger partial charge in [-0.3, -0.25) is 4.98 Å². The molecule has 2 N–H and O–H groups in total. The van der Waals surface area contributed by atoms with Crippen molar-refractivity contribution >= 4 is 34.2 Å². The fraction of sp³-hybridized carbons (Fsp3) is 0.333. The first-order valence-corrected chi connectivity index (χ1v) is 4.94. The standard InChI is InChI=1S/C6H7ClIN3/c7-6-5(2-9)11-4(1-8)3-10-6/h3H,1-2,9H2. The molecule has 1 rings (SSSR count). The van der Waals surface area contributed by atoms with Crippen molar-refractivity contribution < 1.29 is 0 Å². The van der Waals surface area contributed by atoms with Crippen LogP contribution < -0.4 is 5.73 Å². The van der Waals surface area contributed by atoms with Crippen molar-refractivity contribution in [3.8, 4) is 0 Å². The third kappa shape index (κ3) is 2.25. The molecule has 0 unspecified atom stereocenters. The van der Waals surface area contributed by atoms with Crippen molar-refractivity contribution in [3.05, 3.63) is 22.7 Å². The lowest BCUT2D eigenvalue weighted by Crippen LogP contribution is -2.03. The normalized spacial score (nSPS) is 10.1. The third-order valence-corrected chi connectivity index (χ3v) is 2.27. The first-order valence-electron chi connectivity index (χ1n) is 3.04. The summed E-state index contributed by atoms with van der Waals surface area (Å²) in [4.78, 5) is 8.12. The molecule has 0 radical (unpaired) electrons. The zero-order chi connectivity index (χ0) is 8.27. The van der Waals surface area contributed by atoms with E-state index in [0.717, 1.165) is 10.1 Å². The average Bonchev–Trinajstić information content (AvgIpc) is 2.05. The summed E-state index contributed by atoms with van der Waals surface area (Å²) in [5, 5.41) is 0.404. The van der Waals surface area contributed by atoms with Crippen LogP contribution in [0.5, 0.6) is 0 Å². The Kier molecular flexibility index (Phi) is 3.47. The number of hydrogen-bond acceptors (Lipinski definition) is 3. The van der Waals surface area contributed by atoms with Gasteiger partial charge in [0, 0.05) is 11.0 Å². The van der Waals surface area contributed by atoms with Crippen molar-refractivity contribution in [2.45, 2.75) is 11.0 Å².